The molecule has 0 spiro atoms. The largest absolute Gasteiger partial charge is 0.366 e. The lowest BCUT2D eigenvalue weighted by atomic mass is 10.0. The van der Waals surface area contributed by atoms with Crippen LogP contribution in [0.2, 0.25) is 0 Å². The van der Waals surface area contributed by atoms with E-state index in [1.807, 2.05) is 0 Å². The van der Waals surface area contributed by atoms with Crippen molar-refractivity contribution in [1.82, 2.24) is 10.0 Å². The molecule has 1 heterocycles. The number of benzene rings is 1. The average molecular weight is 334 g/mol. The number of carbonyl (C=O) groups is 1. The highest BCUT2D eigenvalue weighted by molar-refractivity contribution is 7.89. The molecule has 0 saturated carbocycles. The number of primary amides is 1. The number of sulfonamides is 1. The standard InChI is InChI=1S/C13H19N3O3S.ClH/c14-13(17)11-3-5-12(6-4-11)20(18,19)16-9-10-2-1-7-15-8-10;/h3-6,10,15-16H,1-2,7-9H2,(H2,14,17);1H. The molecule has 118 valence electrons. The minimum atomic E-state index is -3.53. The van der Waals surface area contributed by atoms with Crippen molar-refractivity contribution in [3.63, 3.8) is 0 Å². The zero-order chi connectivity index (χ0) is 14.6. The topological polar surface area (TPSA) is 101 Å². The van der Waals surface area contributed by atoms with E-state index in [0.717, 1.165) is 25.9 Å². The molecule has 0 bridgehead atoms. The summed E-state index contributed by atoms with van der Waals surface area (Å²) >= 11 is 0. The van der Waals surface area contributed by atoms with Crippen molar-refractivity contribution in [1.29, 1.82) is 0 Å². The van der Waals surface area contributed by atoms with Crippen LogP contribution in [0.4, 0.5) is 0 Å². The van der Waals surface area contributed by atoms with Gasteiger partial charge in [0.25, 0.3) is 0 Å². The Morgan fingerprint density at radius 1 is 1.33 bits per heavy atom. The van der Waals surface area contributed by atoms with Crippen LogP contribution in [0, 0.1) is 5.92 Å². The second-order valence-corrected chi connectivity index (χ2v) is 6.72. The highest BCUT2D eigenvalue weighted by Gasteiger charge is 2.18. The predicted molar refractivity (Wildman–Crippen MR) is 83.0 cm³/mol. The zero-order valence-electron chi connectivity index (χ0n) is 11.5. The van der Waals surface area contributed by atoms with Crippen LogP contribution in [0.15, 0.2) is 29.2 Å². The fraction of sp³-hybridized carbons (Fsp3) is 0.462. The van der Waals surface area contributed by atoms with Gasteiger partial charge in [-0.15, -0.1) is 12.4 Å². The van der Waals surface area contributed by atoms with E-state index in [2.05, 4.69) is 10.0 Å². The Kier molecular flexibility index (Phi) is 6.60. The van der Waals surface area contributed by atoms with Gasteiger partial charge in [-0.25, -0.2) is 13.1 Å². The van der Waals surface area contributed by atoms with E-state index in [9.17, 15) is 13.2 Å². The van der Waals surface area contributed by atoms with Gasteiger partial charge in [-0.2, -0.15) is 0 Å². The lowest BCUT2D eigenvalue weighted by molar-refractivity contribution is 0.1000. The molecule has 1 saturated heterocycles. The first-order valence-corrected chi connectivity index (χ1v) is 8.07. The molecule has 0 aromatic heterocycles. The summed E-state index contributed by atoms with van der Waals surface area (Å²) in [5, 5.41) is 3.24. The van der Waals surface area contributed by atoms with E-state index >= 15 is 0 Å². The van der Waals surface area contributed by atoms with Crippen LogP contribution in [-0.4, -0.2) is 34.0 Å². The number of rotatable bonds is 5. The van der Waals surface area contributed by atoms with Crippen LogP contribution in [0.5, 0.6) is 0 Å². The van der Waals surface area contributed by atoms with Gasteiger partial charge in [-0.1, -0.05) is 0 Å². The number of hydrogen-bond acceptors (Lipinski definition) is 4. The van der Waals surface area contributed by atoms with Gasteiger partial charge in [0.1, 0.15) is 0 Å². The quantitative estimate of drug-likeness (QED) is 0.729. The fourth-order valence-corrected chi connectivity index (χ4v) is 3.32. The number of amides is 1. The van der Waals surface area contributed by atoms with Crippen molar-refractivity contribution in [2.24, 2.45) is 11.7 Å². The third-order valence-electron chi connectivity index (χ3n) is 3.41. The number of hydrogen-bond donors (Lipinski definition) is 3. The predicted octanol–water partition coefficient (Wildman–Crippen LogP) is 0.485. The first-order chi connectivity index (χ1) is 9.49. The van der Waals surface area contributed by atoms with Gasteiger partial charge in [0.2, 0.25) is 15.9 Å². The number of nitrogens with two attached hydrogens (primary N) is 1. The van der Waals surface area contributed by atoms with Gasteiger partial charge >= 0.3 is 0 Å². The maximum atomic E-state index is 12.1. The van der Waals surface area contributed by atoms with Gasteiger partial charge < -0.3 is 11.1 Å². The van der Waals surface area contributed by atoms with Crippen molar-refractivity contribution in [2.75, 3.05) is 19.6 Å². The average Bonchev–Trinajstić information content (AvgIpc) is 2.46. The van der Waals surface area contributed by atoms with E-state index in [1.54, 1.807) is 0 Å². The van der Waals surface area contributed by atoms with Crippen LogP contribution in [0.25, 0.3) is 0 Å². The minimum Gasteiger partial charge on any atom is -0.366 e. The molecule has 21 heavy (non-hydrogen) atoms. The SMILES string of the molecule is Cl.NC(=O)c1ccc(S(=O)(=O)NCC2CCCNC2)cc1. The third-order valence-corrected chi connectivity index (χ3v) is 4.85. The van der Waals surface area contributed by atoms with E-state index in [1.165, 1.54) is 24.3 Å². The van der Waals surface area contributed by atoms with Crippen LogP contribution in [0.1, 0.15) is 23.2 Å². The molecule has 0 aliphatic carbocycles. The summed E-state index contributed by atoms with van der Waals surface area (Å²) in [5.74, 6) is -0.251. The Balaban J connectivity index is 0.00000220. The smallest absolute Gasteiger partial charge is 0.248 e. The summed E-state index contributed by atoms with van der Waals surface area (Å²) in [6, 6.07) is 5.61. The maximum Gasteiger partial charge on any atom is 0.248 e. The first-order valence-electron chi connectivity index (χ1n) is 6.59. The Bertz CT molecular complexity index is 569. The molecule has 1 unspecified atom stereocenters. The number of nitrogens with one attached hydrogen (secondary N) is 2. The molecule has 1 aliphatic heterocycles. The summed E-state index contributed by atoms with van der Waals surface area (Å²) < 4.78 is 26.8. The molecule has 1 aromatic rings. The van der Waals surface area contributed by atoms with E-state index < -0.39 is 15.9 Å². The normalized spacial score (nSPS) is 18.8. The Morgan fingerprint density at radius 2 is 2.00 bits per heavy atom. The molecule has 1 atom stereocenters. The summed E-state index contributed by atoms with van der Waals surface area (Å²) in [4.78, 5) is 11.1. The fourth-order valence-electron chi connectivity index (χ4n) is 2.21. The molecule has 0 radical (unpaired) electrons. The Hall–Kier alpha value is -1.15. The number of piperidine rings is 1. The maximum absolute atomic E-state index is 12.1. The second kappa shape index (κ2) is 7.74. The van der Waals surface area contributed by atoms with Crippen molar-refractivity contribution in [3.8, 4) is 0 Å². The van der Waals surface area contributed by atoms with E-state index in [4.69, 9.17) is 5.73 Å². The monoisotopic (exact) mass is 333 g/mol. The van der Waals surface area contributed by atoms with Gasteiger partial charge in [-0.3, -0.25) is 4.79 Å². The summed E-state index contributed by atoms with van der Waals surface area (Å²) in [6.45, 7) is 2.26. The molecular formula is C13H20ClN3O3S. The molecule has 8 heteroatoms. The summed E-state index contributed by atoms with van der Waals surface area (Å²) in [5.41, 5.74) is 5.41. The number of halogens is 1. The summed E-state index contributed by atoms with van der Waals surface area (Å²) in [7, 11) is -3.53. The first kappa shape index (κ1) is 17.9. The van der Waals surface area contributed by atoms with Gasteiger partial charge in [0.05, 0.1) is 4.90 Å². The molecule has 1 amide bonds. The molecule has 1 aromatic carbocycles. The lowest BCUT2D eigenvalue weighted by Gasteiger charge is -2.22. The highest BCUT2D eigenvalue weighted by atomic mass is 35.5. The zero-order valence-corrected chi connectivity index (χ0v) is 13.2. The molecule has 2 rings (SSSR count). The van der Waals surface area contributed by atoms with Gasteiger partial charge in [0, 0.05) is 12.1 Å². The van der Waals surface area contributed by atoms with Crippen molar-refractivity contribution in [3.05, 3.63) is 29.8 Å². The lowest BCUT2D eigenvalue weighted by Crippen LogP contribution is -2.38. The van der Waals surface area contributed by atoms with Crippen molar-refractivity contribution in [2.45, 2.75) is 17.7 Å². The molecule has 1 aliphatic rings. The molecular weight excluding hydrogens is 314 g/mol. The van der Waals surface area contributed by atoms with Crippen LogP contribution in [-0.2, 0) is 10.0 Å². The van der Waals surface area contributed by atoms with Crippen molar-refractivity contribution < 1.29 is 13.2 Å². The van der Waals surface area contributed by atoms with Gasteiger partial charge in [0.15, 0.2) is 0 Å². The van der Waals surface area contributed by atoms with Crippen molar-refractivity contribution >= 4 is 28.3 Å². The van der Waals surface area contributed by atoms with E-state index in [-0.39, 0.29) is 17.3 Å². The Morgan fingerprint density at radius 3 is 2.52 bits per heavy atom. The number of carbonyl (C=O) groups excluding carboxylic acids is 1. The summed E-state index contributed by atoms with van der Waals surface area (Å²) in [6.07, 6.45) is 2.09. The van der Waals surface area contributed by atoms with Crippen LogP contribution in [0.3, 0.4) is 0 Å². The minimum absolute atomic E-state index is 0. The molecule has 6 nitrogen and oxygen atoms in total. The van der Waals surface area contributed by atoms with Gasteiger partial charge in [-0.05, 0) is 56.1 Å². The van der Waals surface area contributed by atoms with Crippen LogP contribution >= 0.6 is 12.4 Å². The van der Waals surface area contributed by atoms with Crippen LogP contribution < -0.4 is 15.8 Å². The van der Waals surface area contributed by atoms with E-state index in [0.29, 0.717) is 18.0 Å². The molecule has 1 fully saturated rings. The highest BCUT2D eigenvalue weighted by Crippen LogP contribution is 2.13. The third kappa shape index (κ3) is 4.96. The second-order valence-electron chi connectivity index (χ2n) is 4.95. The molecule has 4 N–H and O–H groups in total. The Labute approximate surface area is 130 Å².